The number of hydrogen-bond acceptors (Lipinski definition) is 3. The number of aliphatic hydroxyl groups excluding tert-OH is 1. The fourth-order valence-corrected chi connectivity index (χ4v) is 2.32. The second kappa shape index (κ2) is 6.80. The first-order valence-corrected chi connectivity index (χ1v) is 6.91. The van der Waals surface area contributed by atoms with Crippen molar-refractivity contribution in [2.24, 2.45) is 0 Å². The molecule has 3 N–H and O–H groups in total. The minimum atomic E-state index is -1.44. The highest BCUT2D eigenvalue weighted by Gasteiger charge is 2.28. The van der Waals surface area contributed by atoms with Crippen LogP contribution in [0.4, 0.5) is 13.6 Å². The van der Waals surface area contributed by atoms with Crippen molar-refractivity contribution in [1.29, 1.82) is 0 Å². The Morgan fingerprint density at radius 1 is 1.27 bits per heavy atom. The molecule has 0 fully saturated rings. The average molecular weight is 373 g/mol. The van der Waals surface area contributed by atoms with Gasteiger partial charge in [0, 0.05) is 16.2 Å². The quantitative estimate of drug-likeness (QED) is 0.719. The number of rotatable bonds is 4. The van der Waals surface area contributed by atoms with Crippen molar-refractivity contribution >= 4 is 22.0 Å². The van der Waals surface area contributed by atoms with E-state index >= 15 is 0 Å². The Hall–Kier alpha value is -2.06. The third-order valence-electron chi connectivity index (χ3n) is 2.97. The summed E-state index contributed by atoms with van der Waals surface area (Å²) in [6, 6.07) is 4.83. The Balaban J connectivity index is 2.43. The molecule has 1 amide bonds. The molecule has 8 heteroatoms. The van der Waals surface area contributed by atoms with Crippen LogP contribution >= 0.6 is 15.9 Å². The van der Waals surface area contributed by atoms with Gasteiger partial charge in [0.25, 0.3) is 0 Å². The molecule has 0 unspecified atom stereocenters. The molecule has 5 nitrogen and oxygen atoms in total. The molecule has 1 aromatic heterocycles. The van der Waals surface area contributed by atoms with Crippen LogP contribution < -0.4 is 5.32 Å². The Morgan fingerprint density at radius 2 is 1.91 bits per heavy atom. The van der Waals surface area contributed by atoms with Gasteiger partial charge in [0.2, 0.25) is 5.95 Å². The number of carbonyl (C=O) groups is 1. The standard InChI is InChI=1S/C14H11BrF2N2O3/c15-8-5-10(13(17)18-6-8)11(19-14(21)22)12(20)7-1-3-9(16)4-2-7/h1-6,11-12,19-20H,(H,21,22)/t11-,12+/m1/s1. The zero-order chi connectivity index (χ0) is 16.3. The van der Waals surface area contributed by atoms with Gasteiger partial charge in [-0.25, -0.2) is 14.2 Å². The topological polar surface area (TPSA) is 82.5 Å². The first-order chi connectivity index (χ1) is 10.4. The van der Waals surface area contributed by atoms with Gasteiger partial charge in [0.15, 0.2) is 0 Å². The lowest BCUT2D eigenvalue weighted by atomic mass is 9.96. The predicted molar refractivity (Wildman–Crippen MR) is 77.2 cm³/mol. The zero-order valence-electron chi connectivity index (χ0n) is 11.0. The molecule has 0 bridgehead atoms. The summed E-state index contributed by atoms with van der Waals surface area (Å²) in [5.41, 5.74) is 0.105. The Morgan fingerprint density at radius 3 is 2.50 bits per heavy atom. The van der Waals surface area contributed by atoms with Crippen molar-refractivity contribution in [3.63, 3.8) is 0 Å². The van der Waals surface area contributed by atoms with E-state index in [0.29, 0.717) is 4.47 Å². The van der Waals surface area contributed by atoms with Gasteiger partial charge in [-0.05, 0) is 39.7 Å². The predicted octanol–water partition coefficient (Wildman–Crippen LogP) is 3.16. The van der Waals surface area contributed by atoms with Crippen molar-refractivity contribution in [1.82, 2.24) is 10.3 Å². The lowest BCUT2D eigenvalue weighted by Crippen LogP contribution is -2.32. The number of amides is 1. The van der Waals surface area contributed by atoms with Crippen molar-refractivity contribution in [3.8, 4) is 0 Å². The number of pyridine rings is 1. The molecule has 2 rings (SSSR count). The first-order valence-electron chi connectivity index (χ1n) is 6.12. The van der Waals surface area contributed by atoms with Crippen molar-refractivity contribution in [2.45, 2.75) is 12.1 Å². The summed E-state index contributed by atoms with van der Waals surface area (Å²) >= 11 is 3.11. The second-order valence-electron chi connectivity index (χ2n) is 4.46. The highest BCUT2D eigenvalue weighted by atomic mass is 79.9. The maximum absolute atomic E-state index is 13.9. The number of nitrogens with zero attached hydrogens (tertiary/aromatic N) is 1. The molecular formula is C14H11BrF2N2O3. The Kier molecular flexibility index (Phi) is 5.04. The largest absolute Gasteiger partial charge is 0.465 e. The van der Waals surface area contributed by atoms with Gasteiger partial charge in [-0.3, -0.25) is 0 Å². The number of benzene rings is 1. The lowest BCUT2D eigenvalue weighted by molar-refractivity contribution is 0.118. The molecule has 116 valence electrons. The van der Waals surface area contributed by atoms with E-state index in [9.17, 15) is 18.7 Å². The van der Waals surface area contributed by atoms with Crippen molar-refractivity contribution < 1.29 is 23.8 Å². The molecule has 0 spiro atoms. The van der Waals surface area contributed by atoms with Crippen LogP contribution in [0, 0.1) is 11.8 Å². The van der Waals surface area contributed by atoms with Crippen LogP contribution in [0.1, 0.15) is 23.3 Å². The zero-order valence-corrected chi connectivity index (χ0v) is 12.6. The fraction of sp³-hybridized carbons (Fsp3) is 0.143. The summed E-state index contributed by atoms with van der Waals surface area (Å²) in [5, 5.41) is 21.3. The lowest BCUT2D eigenvalue weighted by Gasteiger charge is -2.24. The Labute approximate surface area is 132 Å². The molecule has 1 aromatic carbocycles. The molecule has 2 atom stereocenters. The molecule has 0 aliphatic carbocycles. The fourth-order valence-electron chi connectivity index (χ4n) is 1.97. The smallest absolute Gasteiger partial charge is 0.405 e. The van der Waals surface area contributed by atoms with Crippen LogP contribution in [-0.2, 0) is 0 Å². The van der Waals surface area contributed by atoms with E-state index < -0.39 is 30.0 Å². The Bertz CT molecular complexity index is 682. The SMILES string of the molecule is O=C(O)N[C@H](c1cc(Br)cnc1F)[C@@H](O)c1ccc(F)cc1. The van der Waals surface area contributed by atoms with Crippen molar-refractivity contribution in [2.75, 3.05) is 0 Å². The number of halogens is 3. The molecule has 0 aliphatic rings. The van der Waals surface area contributed by atoms with Gasteiger partial charge in [0.05, 0.1) is 6.04 Å². The number of aliphatic hydroxyl groups is 1. The van der Waals surface area contributed by atoms with E-state index in [2.05, 4.69) is 20.9 Å². The van der Waals surface area contributed by atoms with Gasteiger partial charge in [-0.1, -0.05) is 12.1 Å². The minimum absolute atomic E-state index is 0.131. The van der Waals surface area contributed by atoms with Crippen LogP contribution in [0.15, 0.2) is 41.0 Å². The van der Waals surface area contributed by atoms with Gasteiger partial charge in [0.1, 0.15) is 11.9 Å². The summed E-state index contributed by atoms with van der Waals surface area (Å²) in [6.45, 7) is 0. The molecule has 2 aromatic rings. The van der Waals surface area contributed by atoms with Crippen LogP contribution in [-0.4, -0.2) is 21.3 Å². The van der Waals surface area contributed by atoms with Gasteiger partial charge in [-0.2, -0.15) is 4.39 Å². The highest BCUT2D eigenvalue weighted by Crippen LogP contribution is 2.31. The van der Waals surface area contributed by atoms with E-state index in [-0.39, 0.29) is 11.1 Å². The summed E-state index contributed by atoms with van der Waals surface area (Å²) < 4.78 is 27.2. The minimum Gasteiger partial charge on any atom is -0.465 e. The maximum atomic E-state index is 13.9. The molecule has 1 heterocycles. The molecule has 0 saturated heterocycles. The third-order valence-corrected chi connectivity index (χ3v) is 3.41. The third kappa shape index (κ3) is 3.77. The number of nitrogens with one attached hydrogen (secondary N) is 1. The first kappa shape index (κ1) is 16.3. The average Bonchev–Trinajstić information content (AvgIpc) is 2.47. The number of carboxylic acid groups (broad SMARTS) is 1. The monoisotopic (exact) mass is 372 g/mol. The van der Waals surface area contributed by atoms with Crippen LogP contribution in [0.5, 0.6) is 0 Å². The maximum Gasteiger partial charge on any atom is 0.405 e. The normalized spacial score (nSPS) is 13.5. The van der Waals surface area contributed by atoms with Crippen LogP contribution in [0.25, 0.3) is 0 Å². The van der Waals surface area contributed by atoms with Crippen LogP contribution in [0.3, 0.4) is 0 Å². The highest BCUT2D eigenvalue weighted by molar-refractivity contribution is 9.10. The van der Waals surface area contributed by atoms with E-state index in [0.717, 1.165) is 12.1 Å². The molecular weight excluding hydrogens is 362 g/mol. The molecule has 0 aliphatic heterocycles. The molecule has 0 radical (unpaired) electrons. The second-order valence-corrected chi connectivity index (χ2v) is 5.37. The van der Waals surface area contributed by atoms with E-state index in [1.807, 2.05) is 5.32 Å². The van der Waals surface area contributed by atoms with E-state index in [4.69, 9.17) is 5.11 Å². The number of hydrogen-bond donors (Lipinski definition) is 3. The summed E-state index contributed by atoms with van der Waals surface area (Å²) in [7, 11) is 0. The number of aromatic nitrogens is 1. The summed E-state index contributed by atoms with van der Waals surface area (Å²) in [5.74, 6) is -1.42. The van der Waals surface area contributed by atoms with Gasteiger partial charge < -0.3 is 15.5 Å². The van der Waals surface area contributed by atoms with Crippen LogP contribution in [0.2, 0.25) is 0 Å². The van der Waals surface area contributed by atoms with Gasteiger partial charge >= 0.3 is 6.09 Å². The van der Waals surface area contributed by atoms with Gasteiger partial charge in [-0.15, -0.1) is 0 Å². The summed E-state index contributed by atoms with van der Waals surface area (Å²) in [4.78, 5) is 14.4. The van der Waals surface area contributed by atoms with E-state index in [1.165, 1.54) is 24.4 Å². The summed E-state index contributed by atoms with van der Waals surface area (Å²) in [6.07, 6.45) is -1.64. The molecule has 0 saturated carbocycles. The van der Waals surface area contributed by atoms with E-state index in [1.54, 1.807) is 0 Å². The molecule has 22 heavy (non-hydrogen) atoms. The van der Waals surface area contributed by atoms with Crippen molar-refractivity contribution in [3.05, 3.63) is 63.9 Å².